The van der Waals surface area contributed by atoms with Crippen LogP contribution in [0.4, 0.5) is 0 Å². The normalized spacial score (nSPS) is 15.2. The molecule has 0 radical (unpaired) electrons. The van der Waals surface area contributed by atoms with Crippen LogP contribution in [0.2, 0.25) is 0 Å². The van der Waals surface area contributed by atoms with E-state index in [4.69, 9.17) is 9.15 Å². The van der Waals surface area contributed by atoms with Crippen LogP contribution in [0.15, 0.2) is 34.7 Å². The molecule has 0 atom stereocenters. The second-order valence-corrected chi connectivity index (χ2v) is 6.11. The molecule has 0 aliphatic carbocycles. The van der Waals surface area contributed by atoms with Crippen molar-refractivity contribution in [3.63, 3.8) is 0 Å². The van der Waals surface area contributed by atoms with Crippen LogP contribution in [0.25, 0.3) is 11.5 Å². The van der Waals surface area contributed by atoms with Gasteiger partial charge in [0.1, 0.15) is 5.76 Å². The average molecular weight is 342 g/mol. The summed E-state index contributed by atoms with van der Waals surface area (Å²) in [5.41, 5.74) is 1.18. The van der Waals surface area contributed by atoms with Crippen LogP contribution in [-0.4, -0.2) is 41.5 Å². The molecule has 2 heterocycles. The number of esters is 1. The highest BCUT2D eigenvalue weighted by Crippen LogP contribution is 2.24. The molecule has 1 aromatic carbocycles. The molecule has 1 aromatic heterocycles. The van der Waals surface area contributed by atoms with Gasteiger partial charge in [0.2, 0.25) is 5.89 Å². The van der Waals surface area contributed by atoms with Gasteiger partial charge in [-0.3, -0.25) is 9.59 Å². The first-order valence-electron chi connectivity index (χ1n) is 8.59. The number of carbonyl (C=O) groups is 2. The minimum absolute atomic E-state index is 0.123. The number of piperidine rings is 1. The number of amides is 1. The molecular formula is C19H22N2O4. The topological polar surface area (TPSA) is 72.6 Å². The van der Waals surface area contributed by atoms with Crippen molar-refractivity contribution >= 4 is 11.9 Å². The molecule has 0 N–H and O–H groups in total. The van der Waals surface area contributed by atoms with Crippen molar-refractivity contribution in [3.05, 3.63) is 41.8 Å². The van der Waals surface area contributed by atoms with Crippen molar-refractivity contribution in [2.45, 2.75) is 26.7 Å². The van der Waals surface area contributed by atoms with Crippen molar-refractivity contribution in [2.75, 3.05) is 19.7 Å². The summed E-state index contributed by atoms with van der Waals surface area (Å²) in [6.45, 7) is 4.98. The van der Waals surface area contributed by atoms with E-state index in [9.17, 15) is 9.59 Å². The molecule has 25 heavy (non-hydrogen) atoms. The number of oxazole rings is 1. The summed E-state index contributed by atoms with van der Waals surface area (Å²) in [5, 5.41) is 0. The standard InChI is InChI=1S/C19H22N2O4/c1-3-24-19(23)15-9-11-21(12-10-15)18(22)16-13(2)25-17(20-16)14-7-5-4-6-8-14/h4-8,15H,3,9-12H2,1-2H3. The van der Waals surface area contributed by atoms with Gasteiger partial charge in [-0.05, 0) is 38.8 Å². The van der Waals surface area contributed by atoms with E-state index in [1.165, 1.54) is 0 Å². The summed E-state index contributed by atoms with van der Waals surface area (Å²) in [5.74, 6) is 0.519. The number of ether oxygens (including phenoxy) is 1. The monoisotopic (exact) mass is 342 g/mol. The Morgan fingerprint density at radius 3 is 2.56 bits per heavy atom. The smallest absolute Gasteiger partial charge is 0.309 e. The summed E-state index contributed by atoms with van der Waals surface area (Å²) in [7, 11) is 0. The first-order valence-corrected chi connectivity index (χ1v) is 8.59. The minimum Gasteiger partial charge on any atom is -0.466 e. The number of hydrogen-bond acceptors (Lipinski definition) is 5. The molecule has 6 heteroatoms. The fourth-order valence-electron chi connectivity index (χ4n) is 3.03. The lowest BCUT2D eigenvalue weighted by atomic mass is 9.97. The summed E-state index contributed by atoms with van der Waals surface area (Å²) in [6, 6.07) is 9.50. The lowest BCUT2D eigenvalue weighted by molar-refractivity contribution is -0.149. The Labute approximate surface area is 146 Å². The molecule has 1 aliphatic rings. The van der Waals surface area contributed by atoms with Crippen LogP contribution in [0.5, 0.6) is 0 Å². The Kier molecular flexibility index (Phi) is 5.16. The van der Waals surface area contributed by atoms with Gasteiger partial charge >= 0.3 is 5.97 Å². The van der Waals surface area contributed by atoms with E-state index in [1.54, 1.807) is 18.7 Å². The third kappa shape index (κ3) is 3.73. The van der Waals surface area contributed by atoms with Gasteiger partial charge in [0.15, 0.2) is 5.69 Å². The summed E-state index contributed by atoms with van der Waals surface area (Å²) < 4.78 is 10.7. The predicted molar refractivity (Wildman–Crippen MR) is 91.9 cm³/mol. The minimum atomic E-state index is -0.168. The number of aryl methyl sites for hydroxylation is 1. The Bertz CT molecular complexity index is 746. The highest BCUT2D eigenvalue weighted by molar-refractivity contribution is 5.94. The fraction of sp³-hybridized carbons (Fsp3) is 0.421. The zero-order valence-corrected chi connectivity index (χ0v) is 14.5. The van der Waals surface area contributed by atoms with Crippen molar-refractivity contribution in [3.8, 4) is 11.5 Å². The van der Waals surface area contributed by atoms with Crippen LogP contribution in [0.3, 0.4) is 0 Å². The van der Waals surface area contributed by atoms with Crippen molar-refractivity contribution in [2.24, 2.45) is 5.92 Å². The SMILES string of the molecule is CCOC(=O)C1CCN(C(=O)c2nc(-c3ccccc3)oc2C)CC1. The molecule has 0 unspecified atom stereocenters. The average Bonchev–Trinajstić information content (AvgIpc) is 3.04. The Morgan fingerprint density at radius 2 is 1.92 bits per heavy atom. The molecule has 1 amide bonds. The molecule has 1 aliphatic heterocycles. The van der Waals surface area contributed by atoms with Gasteiger partial charge in [-0.2, -0.15) is 0 Å². The van der Waals surface area contributed by atoms with Gasteiger partial charge in [-0.25, -0.2) is 4.98 Å². The van der Waals surface area contributed by atoms with Gasteiger partial charge in [0.25, 0.3) is 5.91 Å². The lowest BCUT2D eigenvalue weighted by Gasteiger charge is -2.30. The van der Waals surface area contributed by atoms with E-state index in [2.05, 4.69) is 4.98 Å². The first kappa shape index (κ1) is 17.2. The Balaban J connectivity index is 1.68. The van der Waals surface area contributed by atoms with Crippen LogP contribution in [0.1, 0.15) is 36.0 Å². The van der Waals surface area contributed by atoms with Crippen LogP contribution in [0, 0.1) is 12.8 Å². The molecular weight excluding hydrogens is 320 g/mol. The Morgan fingerprint density at radius 1 is 1.24 bits per heavy atom. The van der Waals surface area contributed by atoms with Crippen molar-refractivity contribution < 1.29 is 18.7 Å². The number of aromatic nitrogens is 1. The van der Waals surface area contributed by atoms with E-state index in [1.807, 2.05) is 30.3 Å². The van der Waals surface area contributed by atoms with Gasteiger partial charge in [-0.15, -0.1) is 0 Å². The van der Waals surface area contributed by atoms with Crippen molar-refractivity contribution in [1.82, 2.24) is 9.88 Å². The van der Waals surface area contributed by atoms with E-state index < -0.39 is 0 Å². The molecule has 0 bridgehead atoms. The quantitative estimate of drug-likeness (QED) is 0.799. The maximum absolute atomic E-state index is 12.8. The zero-order chi connectivity index (χ0) is 17.8. The predicted octanol–water partition coefficient (Wildman–Crippen LogP) is 3.07. The molecule has 0 spiro atoms. The highest BCUT2D eigenvalue weighted by Gasteiger charge is 2.30. The summed E-state index contributed by atoms with van der Waals surface area (Å²) in [4.78, 5) is 30.7. The van der Waals surface area contributed by atoms with E-state index >= 15 is 0 Å². The van der Waals surface area contributed by atoms with E-state index in [0.29, 0.717) is 49.9 Å². The number of hydrogen-bond donors (Lipinski definition) is 0. The van der Waals surface area contributed by atoms with Crippen LogP contribution in [-0.2, 0) is 9.53 Å². The second kappa shape index (κ2) is 7.51. The molecule has 1 fully saturated rings. The maximum Gasteiger partial charge on any atom is 0.309 e. The van der Waals surface area contributed by atoms with Crippen LogP contribution >= 0.6 is 0 Å². The fourth-order valence-corrected chi connectivity index (χ4v) is 3.03. The summed E-state index contributed by atoms with van der Waals surface area (Å²) in [6.07, 6.45) is 1.24. The third-order valence-corrected chi connectivity index (χ3v) is 4.42. The van der Waals surface area contributed by atoms with Gasteiger partial charge in [-0.1, -0.05) is 18.2 Å². The molecule has 0 saturated carbocycles. The molecule has 6 nitrogen and oxygen atoms in total. The third-order valence-electron chi connectivity index (χ3n) is 4.42. The van der Waals surface area contributed by atoms with Gasteiger partial charge < -0.3 is 14.1 Å². The summed E-state index contributed by atoms with van der Waals surface area (Å²) >= 11 is 0. The molecule has 2 aromatic rings. The Hall–Kier alpha value is -2.63. The van der Waals surface area contributed by atoms with Gasteiger partial charge in [0.05, 0.1) is 12.5 Å². The van der Waals surface area contributed by atoms with Gasteiger partial charge in [0, 0.05) is 18.7 Å². The molecule has 1 saturated heterocycles. The maximum atomic E-state index is 12.8. The highest BCUT2D eigenvalue weighted by atomic mass is 16.5. The van der Waals surface area contributed by atoms with E-state index in [0.717, 1.165) is 5.56 Å². The number of benzene rings is 1. The molecule has 132 valence electrons. The number of carbonyl (C=O) groups excluding carboxylic acids is 2. The van der Waals surface area contributed by atoms with Crippen molar-refractivity contribution in [1.29, 1.82) is 0 Å². The first-order chi connectivity index (χ1) is 12.1. The van der Waals surface area contributed by atoms with Crippen LogP contribution < -0.4 is 0 Å². The molecule has 3 rings (SSSR count). The van der Waals surface area contributed by atoms with E-state index in [-0.39, 0.29) is 17.8 Å². The second-order valence-electron chi connectivity index (χ2n) is 6.11. The number of likely N-dealkylation sites (tertiary alicyclic amines) is 1. The number of nitrogens with zero attached hydrogens (tertiary/aromatic N) is 2. The zero-order valence-electron chi connectivity index (χ0n) is 14.5. The number of rotatable bonds is 4. The largest absolute Gasteiger partial charge is 0.466 e. The lowest BCUT2D eigenvalue weighted by Crippen LogP contribution is -2.41.